The van der Waals surface area contributed by atoms with Crippen LogP contribution in [0.15, 0.2) is 18.2 Å². The van der Waals surface area contributed by atoms with E-state index >= 15 is 0 Å². The molecule has 0 aliphatic rings. The van der Waals surface area contributed by atoms with Crippen molar-refractivity contribution in [3.63, 3.8) is 0 Å². The highest BCUT2D eigenvalue weighted by molar-refractivity contribution is 5.81. The van der Waals surface area contributed by atoms with Crippen molar-refractivity contribution in [1.82, 2.24) is 5.32 Å². The number of nitrogens with one attached hydrogen (secondary N) is 1. The van der Waals surface area contributed by atoms with Crippen LogP contribution in [-0.2, 0) is 4.79 Å². The fourth-order valence-corrected chi connectivity index (χ4v) is 2.24. The maximum atomic E-state index is 12.1. The van der Waals surface area contributed by atoms with Gasteiger partial charge in [0.2, 0.25) is 0 Å². The molecule has 1 aromatic carbocycles. The molecule has 0 aliphatic heterocycles. The molecule has 4 nitrogen and oxygen atoms in total. The molecule has 0 aliphatic carbocycles. The lowest BCUT2D eigenvalue weighted by atomic mass is 10.1. The SMILES string of the molecule is CCCC(C)NC(=O)C(C)Oc1ccc(C)cc1[C@@H](C)N. The van der Waals surface area contributed by atoms with E-state index in [2.05, 4.69) is 12.2 Å². The highest BCUT2D eigenvalue weighted by Crippen LogP contribution is 2.26. The Balaban J connectivity index is 2.74. The zero-order chi connectivity index (χ0) is 16.0. The van der Waals surface area contributed by atoms with Gasteiger partial charge in [0, 0.05) is 17.6 Å². The summed E-state index contributed by atoms with van der Waals surface area (Å²) in [4.78, 5) is 12.1. The average Bonchev–Trinajstić information content (AvgIpc) is 2.40. The van der Waals surface area contributed by atoms with E-state index in [1.165, 1.54) is 0 Å². The topological polar surface area (TPSA) is 64.3 Å². The number of hydrogen-bond donors (Lipinski definition) is 2. The minimum absolute atomic E-state index is 0.0906. The number of carbonyl (C=O) groups is 1. The summed E-state index contributed by atoms with van der Waals surface area (Å²) in [5.74, 6) is 0.591. The number of ether oxygens (including phenoxy) is 1. The van der Waals surface area contributed by atoms with Crippen LogP contribution in [0.3, 0.4) is 0 Å². The average molecular weight is 292 g/mol. The van der Waals surface area contributed by atoms with Crippen molar-refractivity contribution in [2.45, 2.75) is 65.6 Å². The Morgan fingerprint density at radius 1 is 1.33 bits per heavy atom. The molecule has 0 aromatic heterocycles. The molecule has 1 aromatic rings. The van der Waals surface area contributed by atoms with E-state index in [0.29, 0.717) is 5.75 Å². The van der Waals surface area contributed by atoms with Crippen LogP contribution in [-0.4, -0.2) is 18.1 Å². The van der Waals surface area contributed by atoms with Gasteiger partial charge in [0.1, 0.15) is 5.75 Å². The van der Waals surface area contributed by atoms with Gasteiger partial charge in [0.15, 0.2) is 6.10 Å². The van der Waals surface area contributed by atoms with Crippen LogP contribution < -0.4 is 15.8 Å². The summed E-state index contributed by atoms with van der Waals surface area (Å²) >= 11 is 0. The van der Waals surface area contributed by atoms with E-state index in [4.69, 9.17) is 10.5 Å². The van der Waals surface area contributed by atoms with Gasteiger partial charge in [-0.25, -0.2) is 0 Å². The van der Waals surface area contributed by atoms with Crippen molar-refractivity contribution in [3.8, 4) is 5.75 Å². The molecule has 0 bridgehead atoms. The molecule has 0 radical (unpaired) electrons. The maximum Gasteiger partial charge on any atom is 0.260 e. The third-order valence-corrected chi connectivity index (χ3v) is 3.44. The number of hydrogen-bond acceptors (Lipinski definition) is 3. The Morgan fingerprint density at radius 2 is 2.00 bits per heavy atom. The molecule has 2 unspecified atom stereocenters. The second-order valence-electron chi connectivity index (χ2n) is 5.79. The fourth-order valence-electron chi connectivity index (χ4n) is 2.24. The molecule has 118 valence electrons. The van der Waals surface area contributed by atoms with Crippen molar-refractivity contribution in [2.75, 3.05) is 0 Å². The number of nitrogens with two attached hydrogens (primary N) is 1. The van der Waals surface area contributed by atoms with Crippen LogP contribution in [0.4, 0.5) is 0 Å². The lowest BCUT2D eigenvalue weighted by Crippen LogP contribution is -2.41. The summed E-state index contributed by atoms with van der Waals surface area (Å²) in [7, 11) is 0. The number of carbonyl (C=O) groups excluding carboxylic acids is 1. The van der Waals surface area contributed by atoms with E-state index in [1.807, 2.05) is 39.0 Å². The molecular weight excluding hydrogens is 264 g/mol. The zero-order valence-corrected chi connectivity index (χ0v) is 13.8. The van der Waals surface area contributed by atoms with Crippen LogP contribution in [0.1, 0.15) is 57.7 Å². The van der Waals surface area contributed by atoms with Crippen LogP contribution in [0, 0.1) is 6.92 Å². The number of benzene rings is 1. The van der Waals surface area contributed by atoms with E-state index in [-0.39, 0.29) is 18.0 Å². The smallest absolute Gasteiger partial charge is 0.260 e. The van der Waals surface area contributed by atoms with E-state index in [1.54, 1.807) is 6.92 Å². The summed E-state index contributed by atoms with van der Waals surface area (Å²) in [5.41, 5.74) is 8.03. The normalized spacial score (nSPS) is 15.1. The maximum absolute atomic E-state index is 12.1. The summed E-state index contributed by atoms with van der Waals surface area (Å²) in [6.45, 7) is 9.80. The second-order valence-corrected chi connectivity index (χ2v) is 5.79. The van der Waals surface area contributed by atoms with Gasteiger partial charge in [-0.05, 0) is 40.2 Å². The summed E-state index contributed by atoms with van der Waals surface area (Å²) in [6.07, 6.45) is 1.47. The first-order valence-electron chi connectivity index (χ1n) is 7.68. The minimum atomic E-state index is -0.537. The third kappa shape index (κ3) is 5.38. The lowest BCUT2D eigenvalue weighted by Gasteiger charge is -2.21. The van der Waals surface area contributed by atoms with E-state index in [9.17, 15) is 4.79 Å². The quantitative estimate of drug-likeness (QED) is 0.811. The zero-order valence-electron chi connectivity index (χ0n) is 13.8. The number of aryl methyl sites for hydroxylation is 1. The molecule has 0 heterocycles. The van der Waals surface area contributed by atoms with Crippen LogP contribution in [0.2, 0.25) is 0 Å². The minimum Gasteiger partial charge on any atom is -0.481 e. The molecule has 0 spiro atoms. The molecule has 4 heteroatoms. The predicted octanol–water partition coefficient (Wildman–Crippen LogP) is 3.09. The third-order valence-electron chi connectivity index (χ3n) is 3.44. The number of amides is 1. The molecular formula is C17H28N2O2. The second kappa shape index (κ2) is 8.03. The molecule has 1 amide bonds. The van der Waals surface area contributed by atoms with E-state index < -0.39 is 6.10 Å². The molecule has 3 N–H and O–H groups in total. The van der Waals surface area contributed by atoms with Gasteiger partial charge in [-0.15, -0.1) is 0 Å². The first kappa shape index (κ1) is 17.5. The first-order chi connectivity index (χ1) is 9.85. The van der Waals surface area contributed by atoms with Crippen LogP contribution in [0.25, 0.3) is 0 Å². The Kier molecular flexibility index (Phi) is 6.69. The largest absolute Gasteiger partial charge is 0.481 e. The Hall–Kier alpha value is -1.55. The van der Waals surface area contributed by atoms with Crippen LogP contribution >= 0.6 is 0 Å². The first-order valence-corrected chi connectivity index (χ1v) is 7.68. The highest BCUT2D eigenvalue weighted by atomic mass is 16.5. The lowest BCUT2D eigenvalue weighted by molar-refractivity contribution is -0.127. The monoisotopic (exact) mass is 292 g/mol. The van der Waals surface area contributed by atoms with Gasteiger partial charge in [-0.1, -0.05) is 31.0 Å². The number of rotatable bonds is 7. The molecule has 1 rings (SSSR count). The predicted molar refractivity (Wildman–Crippen MR) is 86.4 cm³/mol. The summed E-state index contributed by atoms with van der Waals surface area (Å²) in [5, 5.41) is 2.97. The summed E-state index contributed by atoms with van der Waals surface area (Å²) in [6, 6.07) is 5.89. The molecule has 3 atom stereocenters. The molecule has 0 saturated carbocycles. The Labute approximate surface area is 128 Å². The van der Waals surface area contributed by atoms with Gasteiger partial charge in [0.25, 0.3) is 5.91 Å². The van der Waals surface area contributed by atoms with Gasteiger partial charge < -0.3 is 15.8 Å². The Morgan fingerprint density at radius 3 is 2.57 bits per heavy atom. The van der Waals surface area contributed by atoms with Crippen molar-refractivity contribution in [1.29, 1.82) is 0 Å². The van der Waals surface area contributed by atoms with Crippen LogP contribution in [0.5, 0.6) is 5.75 Å². The summed E-state index contributed by atoms with van der Waals surface area (Å²) < 4.78 is 5.81. The molecule has 0 fully saturated rings. The van der Waals surface area contributed by atoms with Crippen molar-refractivity contribution < 1.29 is 9.53 Å². The van der Waals surface area contributed by atoms with Gasteiger partial charge in [-0.3, -0.25) is 4.79 Å². The highest BCUT2D eigenvalue weighted by Gasteiger charge is 2.18. The van der Waals surface area contributed by atoms with Gasteiger partial charge in [0.05, 0.1) is 0 Å². The molecule has 21 heavy (non-hydrogen) atoms. The standard InChI is InChI=1S/C17H28N2O2/c1-6-7-12(3)19-17(20)14(5)21-16-9-8-11(2)10-15(16)13(4)18/h8-10,12-14H,6-7,18H2,1-5H3,(H,19,20)/t12?,13-,14?/m1/s1. The molecule has 0 saturated heterocycles. The fraction of sp³-hybridized carbons (Fsp3) is 0.588. The van der Waals surface area contributed by atoms with Gasteiger partial charge >= 0.3 is 0 Å². The van der Waals surface area contributed by atoms with E-state index in [0.717, 1.165) is 24.0 Å². The van der Waals surface area contributed by atoms with Crippen molar-refractivity contribution in [2.24, 2.45) is 5.73 Å². The Bertz CT molecular complexity index is 472. The van der Waals surface area contributed by atoms with Gasteiger partial charge in [-0.2, -0.15) is 0 Å². The van der Waals surface area contributed by atoms with Crippen molar-refractivity contribution >= 4 is 5.91 Å². The van der Waals surface area contributed by atoms with Crippen molar-refractivity contribution in [3.05, 3.63) is 29.3 Å².